The highest BCUT2D eigenvalue weighted by atomic mass is 35.5. The fourth-order valence-electron chi connectivity index (χ4n) is 3.70. The van der Waals surface area contributed by atoms with E-state index in [2.05, 4.69) is 10.3 Å². The average Bonchev–Trinajstić information content (AvgIpc) is 3.30. The first kappa shape index (κ1) is 25.8. The van der Waals surface area contributed by atoms with E-state index in [1.165, 1.54) is 29.1 Å². The number of benzene rings is 2. The van der Waals surface area contributed by atoms with Crippen LogP contribution in [0.25, 0.3) is 11.3 Å². The molecule has 3 aromatic rings. The summed E-state index contributed by atoms with van der Waals surface area (Å²) >= 11 is 13.3. The first-order valence-corrected chi connectivity index (χ1v) is 12.0. The third-order valence-electron chi connectivity index (χ3n) is 5.33. The number of aromatic nitrogens is 3. The summed E-state index contributed by atoms with van der Waals surface area (Å²) in [5, 5.41) is 38.8. The minimum absolute atomic E-state index is 0.198. The molecule has 0 amide bonds. The molecule has 1 aliphatic heterocycles. The lowest BCUT2D eigenvalue weighted by atomic mass is 9.97. The molecule has 4 rings (SSSR count). The largest absolute Gasteiger partial charge is 0.480 e. The lowest BCUT2D eigenvalue weighted by Crippen LogP contribution is -2.56. The van der Waals surface area contributed by atoms with Crippen LogP contribution in [0.15, 0.2) is 53.6 Å². The third kappa shape index (κ3) is 5.78. The van der Waals surface area contributed by atoms with Crippen LogP contribution in [0.1, 0.15) is 6.04 Å². The van der Waals surface area contributed by atoms with Gasteiger partial charge in [-0.2, -0.15) is 0 Å². The summed E-state index contributed by atoms with van der Waals surface area (Å²) in [5.41, 5.74) is -0.491. The number of hydrogen-bond acceptors (Lipinski definition) is 8. The highest BCUT2D eigenvalue weighted by Gasteiger charge is 2.48. The quantitative estimate of drug-likeness (QED) is 0.392. The number of carbonyl (C=O) groups is 1. The molecule has 0 unspecified atom stereocenters. The summed E-state index contributed by atoms with van der Waals surface area (Å²) in [7, 11) is 0. The molecule has 1 saturated heterocycles. The molecule has 0 spiro atoms. The predicted molar refractivity (Wildman–Crippen MR) is 126 cm³/mol. The number of ether oxygens (including phenoxy) is 2. The number of aliphatic carboxylic acids is 1. The van der Waals surface area contributed by atoms with Gasteiger partial charge in [0.1, 0.15) is 47.9 Å². The number of thioether (sulfide) groups is 1. The maximum absolute atomic E-state index is 14.3. The topological polar surface area (TPSA) is 127 Å². The molecule has 2 aromatic carbocycles. The van der Waals surface area contributed by atoms with Gasteiger partial charge in [0.2, 0.25) is 0 Å². The van der Waals surface area contributed by atoms with Gasteiger partial charge in [-0.1, -0.05) is 52.3 Å². The molecule has 5 atom stereocenters. The van der Waals surface area contributed by atoms with Crippen molar-refractivity contribution in [3.63, 3.8) is 0 Å². The van der Waals surface area contributed by atoms with Crippen molar-refractivity contribution in [3.05, 3.63) is 64.5 Å². The zero-order valence-electron chi connectivity index (χ0n) is 17.9. The molecule has 35 heavy (non-hydrogen) atoms. The van der Waals surface area contributed by atoms with E-state index < -0.39 is 54.8 Å². The van der Waals surface area contributed by atoms with Gasteiger partial charge in [-0.3, -0.25) is 0 Å². The standard InChI is InChI=1S/C22H20Cl2FN3O6S/c23-13-6-5-11(7-14(13)24)35-22-21(33-10-18(30)31)19(20(32)17(9-29)34-22)28-8-16(26-27-28)12-3-1-2-4-15(12)25/h1-8,17,19-22,29,32H,9-10H2,(H,30,31)/t17-,19+,20+,21-,22-/m1/s1. The number of aliphatic hydroxyl groups excluding tert-OH is 2. The predicted octanol–water partition coefficient (Wildman–Crippen LogP) is 3.27. The Kier molecular flexibility index (Phi) is 8.27. The van der Waals surface area contributed by atoms with E-state index >= 15 is 0 Å². The van der Waals surface area contributed by atoms with Gasteiger partial charge in [0.25, 0.3) is 0 Å². The van der Waals surface area contributed by atoms with E-state index in [1.54, 1.807) is 24.3 Å². The van der Waals surface area contributed by atoms with Gasteiger partial charge in [0.05, 0.1) is 22.8 Å². The second-order valence-corrected chi connectivity index (χ2v) is 9.62. The van der Waals surface area contributed by atoms with Crippen LogP contribution >= 0.6 is 35.0 Å². The summed E-state index contributed by atoms with van der Waals surface area (Å²) in [6, 6.07) is 9.86. The van der Waals surface area contributed by atoms with Crippen molar-refractivity contribution in [3.8, 4) is 11.3 Å². The number of rotatable bonds is 8. The molecule has 9 nitrogen and oxygen atoms in total. The van der Waals surface area contributed by atoms with E-state index in [0.29, 0.717) is 14.9 Å². The molecule has 2 heterocycles. The van der Waals surface area contributed by atoms with E-state index in [-0.39, 0.29) is 11.3 Å². The molecule has 0 bridgehead atoms. The van der Waals surface area contributed by atoms with Gasteiger partial charge >= 0.3 is 5.97 Å². The van der Waals surface area contributed by atoms with Crippen LogP contribution in [0, 0.1) is 5.82 Å². The summed E-state index contributed by atoms with van der Waals surface area (Å²) in [6.07, 6.45) is -2.03. The molecule has 3 N–H and O–H groups in total. The van der Waals surface area contributed by atoms with Crippen molar-refractivity contribution in [2.75, 3.05) is 13.2 Å². The van der Waals surface area contributed by atoms with Crippen molar-refractivity contribution in [2.24, 2.45) is 0 Å². The lowest BCUT2D eigenvalue weighted by Gasteiger charge is -2.43. The van der Waals surface area contributed by atoms with Crippen LogP contribution in [-0.4, -0.2) is 73.2 Å². The summed E-state index contributed by atoms with van der Waals surface area (Å²) in [4.78, 5) is 11.9. The van der Waals surface area contributed by atoms with Crippen molar-refractivity contribution in [1.29, 1.82) is 0 Å². The van der Waals surface area contributed by atoms with Crippen molar-refractivity contribution < 1.29 is 34.0 Å². The number of halogens is 3. The molecule has 0 saturated carbocycles. The number of hydrogen-bond donors (Lipinski definition) is 3. The van der Waals surface area contributed by atoms with Gasteiger partial charge in [-0.05, 0) is 30.3 Å². The summed E-state index contributed by atoms with van der Waals surface area (Å²) < 4.78 is 27.1. The Morgan fingerprint density at radius 3 is 2.69 bits per heavy atom. The molecule has 0 radical (unpaired) electrons. The van der Waals surface area contributed by atoms with Crippen molar-refractivity contribution >= 4 is 40.9 Å². The molecule has 1 fully saturated rings. The van der Waals surface area contributed by atoms with Gasteiger partial charge in [-0.25, -0.2) is 13.9 Å². The third-order valence-corrected chi connectivity index (χ3v) is 7.21. The summed E-state index contributed by atoms with van der Waals surface area (Å²) in [6.45, 7) is -1.22. The van der Waals surface area contributed by atoms with Crippen LogP contribution < -0.4 is 0 Å². The van der Waals surface area contributed by atoms with Gasteiger partial charge in [-0.15, -0.1) is 5.10 Å². The van der Waals surface area contributed by atoms with E-state index in [4.69, 9.17) is 32.7 Å². The molecule has 13 heteroatoms. The minimum atomic E-state index is -1.35. The van der Waals surface area contributed by atoms with Gasteiger partial charge in [0, 0.05) is 10.5 Å². The van der Waals surface area contributed by atoms with Crippen LogP contribution in [0.2, 0.25) is 10.0 Å². The monoisotopic (exact) mass is 543 g/mol. The molecule has 0 aliphatic carbocycles. The Labute approximate surface area is 213 Å². The Morgan fingerprint density at radius 1 is 1.23 bits per heavy atom. The fraction of sp³-hybridized carbons (Fsp3) is 0.318. The first-order valence-electron chi connectivity index (χ1n) is 10.3. The average molecular weight is 544 g/mol. The highest BCUT2D eigenvalue weighted by Crippen LogP contribution is 2.41. The normalized spacial score (nSPS) is 24.4. The van der Waals surface area contributed by atoms with E-state index in [1.807, 2.05) is 0 Å². The van der Waals surface area contributed by atoms with Crippen molar-refractivity contribution in [1.82, 2.24) is 15.0 Å². The molecule has 1 aliphatic rings. The number of nitrogens with zero attached hydrogens (tertiary/aromatic N) is 3. The highest BCUT2D eigenvalue weighted by molar-refractivity contribution is 7.99. The zero-order valence-corrected chi connectivity index (χ0v) is 20.2. The Morgan fingerprint density at radius 2 is 2.00 bits per heavy atom. The lowest BCUT2D eigenvalue weighted by molar-refractivity contribution is -0.196. The van der Waals surface area contributed by atoms with Gasteiger partial charge < -0.3 is 24.8 Å². The maximum Gasteiger partial charge on any atom is 0.329 e. The smallest absolute Gasteiger partial charge is 0.329 e. The van der Waals surface area contributed by atoms with Crippen molar-refractivity contribution in [2.45, 2.75) is 34.7 Å². The maximum atomic E-state index is 14.3. The van der Waals surface area contributed by atoms with E-state index in [9.17, 15) is 24.5 Å². The molecular formula is C22H20Cl2FN3O6S. The first-order chi connectivity index (χ1) is 16.8. The fourth-order valence-corrected chi connectivity index (χ4v) is 5.24. The van der Waals surface area contributed by atoms with Gasteiger partial charge in [0.15, 0.2) is 0 Å². The Balaban J connectivity index is 1.71. The Bertz CT molecular complexity index is 1200. The number of carboxylic acid groups (broad SMARTS) is 1. The van der Waals surface area contributed by atoms with Crippen LogP contribution in [0.5, 0.6) is 0 Å². The second kappa shape index (κ2) is 11.2. The minimum Gasteiger partial charge on any atom is -0.480 e. The second-order valence-electron chi connectivity index (χ2n) is 7.63. The number of carboxylic acids is 1. The molecule has 186 valence electrons. The summed E-state index contributed by atoms with van der Waals surface area (Å²) in [5.74, 6) is -1.74. The Hall–Kier alpha value is -2.25. The number of aliphatic hydroxyl groups is 2. The van der Waals surface area contributed by atoms with Crippen LogP contribution in [-0.2, 0) is 14.3 Å². The van der Waals surface area contributed by atoms with Crippen LogP contribution in [0.4, 0.5) is 4.39 Å². The molecular weight excluding hydrogens is 524 g/mol. The van der Waals surface area contributed by atoms with E-state index in [0.717, 1.165) is 11.8 Å². The van der Waals surface area contributed by atoms with Crippen LogP contribution in [0.3, 0.4) is 0 Å². The molecule has 1 aromatic heterocycles. The zero-order chi connectivity index (χ0) is 25.1. The SMILES string of the molecule is O=C(O)CO[C@@H]1[C@@H](n2cc(-c3ccccc3F)nn2)[C@@H](O)[C@@H](CO)O[C@@H]1Sc1ccc(Cl)c(Cl)c1.